The Morgan fingerprint density at radius 3 is 1.36 bits per heavy atom. The zero-order valence-electron chi connectivity index (χ0n) is 19.4. The first-order valence-electron chi connectivity index (χ1n) is 11.6. The van der Waals surface area contributed by atoms with E-state index in [-0.39, 0.29) is 0 Å². The van der Waals surface area contributed by atoms with E-state index in [1.54, 1.807) is 0 Å². The molecule has 0 spiro atoms. The molecule has 0 saturated carbocycles. The third kappa shape index (κ3) is 8.15. The molecule has 0 aliphatic rings. The Morgan fingerprint density at radius 1 is 0.643 bits per heavy atom. The zero-order valence-corrected chi connectivity index (χ0v) is 19.4. The molecule has 28 heavy (non-hydrogen) atoms. The summed E-state index contributed by atoms with van der Waals surface area (Å²) in [5.74, 6) is 14.2. The van der Waals surface area contributed by atoms with Crippen LogP contribution in [0.4, 0.5) is 0 Å². The molecule has 0 N–H and O–H groups in total. The fourth-order valence-corrected chi connectivity index (χ4v) is 4.00. The van der Waals surface area contributed by atoms with Crippen molar-refractivity contribution in [3.8, 4) is 23.7 Å². The van der Waals surface area contributed by atoms with Crippen LogP contribution in [0.2, 0.25) is 0 Å². The first-order chi connectivity index (χ1) is 13.6. The van der Waals surface area contributed by atoms with Crippen LogP contribution in [-0.4, -0.2) is 0 Å². The van der Waals surface area contributed by atoms with Crippen LogP contribution in [0, 0.1) is 23.7 Å². The lowest BCUT2D eigenvalue weighted by Gasteiger charge is -2.20. The second-order valence-corrected chi connectivity index (χ2v) is 8.28. The predicted octanol–water partition coefficient (Wildman–Crippen LogP) is 8.58. The Labute approximate surface area is 175 Å². The van der Waals surface area contributed by atoms with E-state index in [4.69, 9.17) is 0 Å². The van der Waals surface area contributed by atoms with E-state index in [1.807, 2.05) is 13.8 Å². The third-order valence-electron chi connectivity index (χ3n) is 5.78. The minimum Gasteiger partial charge on any atom is -0.101 e. The van der Waals surface area contributed by atoms with Crippen LogP contribution < -0.4 is 0 Å². The number of benzene rings is 1. The lowest BCUT2D eigenvalue weighted by Crippen LogP contribution is -2.04. The maximum absolute atomic E-state index is 3.40. The van der Waals surface area contributed by atoms with Crippen LogP contribution in [0.15, 0.2) is 12.1 Å². The number of rotatable bonds is 12. The van der Waals surface area contributed by atoms with Gasteiger partial charge >= 0.3 is 0 Å². The summed E-state index contributed by atoms with van der Waals surface area (Å²) in [7, 11) is 0. The molecule has 0 nitrogen and oxygen atoms in total. The SMILES string of the molecule is CC#Cc1cc(C(C)CCCCCC)c(C#CC)cc1C(C)CCCCCC. The standard InChI is InChI=1S/C28H42/c1-7-11-13-15-19-23(5)27-21-26(18-10-4)28(22-25(27)17-9-3)24(6)20-16-14-12-8-2/h21-24H,7-8,11-16,19-20H2,1-6H3. The molecular formula is C28H42. The van der Waals surface area contributed by atoms with E-state index in [1.165, 1.54) is 86.5 Å². The van der Waals surface area contributed by atoms with Gasteiger partial charge < -0.3 is 0 Å². The summed E-state index contributed by atoms with van der Waals surface area (Å²) in [5.41, 5.74) is 5.24. The van der Waals surface area contributed by atoms with Gasteiger partial charge in [-0.2, -0.15) is 0 Å². The molecule has 1 rings (SSSR count). The first kappa shape index (κ1) is 24.4. The molecule has 0 aliphatic heterocycles. The lowest BCUT2D eigenvalue weighted by atomic mass is 9.84. The summed E-state index contributed by atoms with van der Waals surface area (Å²) in [4.78, 5) is 0. The average Bonchev–Trinajstić information content (AvgIpc) is 2.69. The summed E-state index contributed by atoms with van der Waals surface area (Å²) in [5, 5.41) is 0. The molecule has 0 aromatic heterocycles. The van der Waals surface area contributed by atoms with Crippen LogP contribution in [-0.2, 0) is 0 Å². The average molecular weight is 379 g/mol. The highest BCUT2D eigenvalue weighted by Gasteiger charge is 2.17. The van der Waals surface area contributed by atoms with Gasteiger partial charge in [0.2, 0.25) is 0 Å². The van der Waals surface area contributed by atoms with Crippen molar-refractivity contribution < 1.29 is 0 Å². The third-order valence-corrected chi connectivity index (χ3v) is 5.78. The van der Waals surface area contributed by atoms with Crippen molar-refractivity contribution in [3.05, 3.63) is 34.4 Å². The highest BCUT2D eigenvalue weighted by atomic mass is 14.2. The Hall–Kier alpha value is -1.66. The van der Waals surface area contributed by atoms with E-state index < -0.39 is 0 Å². The van der Waals surface area contributed by atoms with Gasteiger partial charge in [0.1, 0.15) is 0 Å². The molecule has 1 aromatic rings. The molecule has 0 aliphatic carbocycles. The number of hydrogen-bond donors (Lipinski definition) is 0. The summed E-state index contributed by atoms with van der Waals surface area (Å²) in [6.07, 6.45) is 13.0. The van der Waals surface area contributed by atoms with E-state index in [0.717, 1.165) is 0 Å². The van der Waals surface area contributed by atoms with Gasteiger partial charge in [0.15, 0.2) is 0 Å². The molecule has 0 heterocycles. The predicted molar refractivity (Wildman–Crippen MR) is 126 cm³/mol. The largest absolute Gasteiger partial charge is 0.101 e. The summed E-state index contributed by atoms with van der Waals surface area (Å²) in [6, 6.07) is 4.72. The Balaban J connectivity index is 3.11. The van der Waals surface area contributed by atoms with Crippen LogP contribution in [0.3, 0.4) is 0 Å². The minimum atomic E-state index is 0.541. The van der Waals surface area contributed by atoms with Gasteiger partial charge in [0.25, 0.3) is 0 Å². The molecule has 0 fully saturated rings. The minimum absolute atomic E-state index is 0.541. The van der Waals surface area contributed by atoms with Gasteiger partial charge in [-0.1, -0.05) is 90.9 Å². The molecule has 0 bridgehead atoms. The smallest absolute Gasteiger partial charge is 0.0283 e. The van der Waals surface area contributed by atoms with E-state index in [9.17, 15) is 0 Å². The molecule has 0 radical (unpaired) electrons. The molecule has 0 amide bonds. The molecule has 0 saturated heterocycles. The topological polar surface area (TPSA) is 0 Å². The van der Waals surface area contributed by atoms with Crippen molar-refractivity contribution in [2.24, 2.45) is 0 Å². The maximum Gasteiger partial charge on any atom is 0.0283 e. The van der Waals surface area contributed by atoms with E-state index in [0.29, 0.717) is 11.8 Å². The van der Waals surface area contributed by atoms with Crippen LogP contribution >= 0.6 is 0 Å². The molecule has 2 unspecified atom stereocenters. The molecule has 154 valence electrons. The van der Waals surface area contributed by atoms with Gasteiger partial charge in [-0.25, -0.2) is 0 Å². The van der Waals surface area contributed by atoms with E-state index >= 15 is 0 Å². The molecule has 0 heteroatoms. The lowest BCUT2D eigenvalue weighted by molar-refractivity contribution is 0.574. The van der Waals surface area contributed by atoms with Crippen molar-refractivity contribution in [2.75, 3.05) is 0 Å². The highest BCUT2D eigenvalue weighted by molar-refractivity contribution is 5.54. The maximum atomic E-state index is 3.40. The summed E-state index contributed by atoms with van der Waals surface area (Å²) < 4.78 is 0. The quantitative estimate of drug-likeness (QED) is 0.252. The molecule has 1 aromatic carbocycles. The second-order valence-electron chi connectivity index (χ2n) is 8.28. The van der Waals surface area contributed by atoms with E-state index in [2.05, 4.69) is 63.5 Å². The van der Waals surface area contributed by atoms with Crippen LogP contribution in [0.25, 0.3) is 0 Å². The summed E-state index contributed by atoms with van der Waals surface area (Å²) in [6.45, 7) is 13.2. The van der Waals surface area contributed by atoms with Crippen molar-refractivity contribution in [1.82, 2.24) is 0 Å². The van der Waals surface area contributed by atoms with Crippen molar-refractivity contribution in [1.29, 1.82) is 0 Å². The molecule has 2 atom stereocenters. The van der Waals surface area contributed by atoms with Crippen molar-refractivity contribution in [3.63, 3.8) is 0 Å². The van der Waals surface area contributed by atoms with Gasteiger partial charge in [-0.3, -0.25) is 0 Å². The summed E-state index contributed by atoms with van der Waals surface area (Å²) >= 11 is 0. The van der Waals surface area contributed by atoms with Gasteiger partial charge in [0, 0.05) is 11.1 Å². The fraction of sp³-hybridized carbons (Fsp3) is 0.643. The van der Waals surface area contributed by atoms with Crippen molar-refractivity contribution in [2.45, 2.75) is 118 Å². The van der Waals surface area contributed by atoms with Gasteiger partial charge in [-0.05, 0) is 61.8 Å². The monoisotopic (exact) mass is 378 g/mol. The van der Waals surface area contributed by atoms with Gasteiger partial charge in [0.05, 0.1) is 0 Å². The number of unbranched alkanes of at least 4 members (excludes halogenated alkanes) is 6. The Morgan fingerprint density at radius 2 is 1.04 bits per heavy atom. The second kappa shape index (κ2) is 14.4. The Kier molecular flexibility index (Phi) is 12.5. The van der Waals surface area contributed by atoms with Gasteiger partial charge in [-0.15, -0.1) is 11.8 Å². The normalized spacial score (nSPS) is 12.5. The fourth-order valence-electron chi connectivity index (χ4n) is 4.00. The Bertz CT molecular complexity index is 625. The van der Waals surface area contributed by atoms with Crippen LogP contribution in [0.5, 0.6) is 0 Å². The first-order valence-corrected chi connectivity index (χ1v) is 11.6. The highest BCUT2D eigenvalue weighted by Crippen LogP contribution is 2.32. The zero-order chi connectivity index (χ0) is 20.8. The number of hydrogen-bond acceptors (Lipinski definition) is 0. The van der Waals surface area contributed by atoms with Crippen molar-refractivity contribution >= 4 is 0 Å². The molecular weight excluding hydrogens is 336 g/mol. The van der Waals surface area contributed by atoms with Crippen LogP contribution in [0.1, 0.15) is 140 Å².